The Hall–Kier alpha value is -1.22. The van der Waals surface area contributed by atoms with Crippen LogP contribution in [0.4, 0.5) is 0 Å². The lowest BCUT2D eigenvalue weighted by atomic mass is 10.1. The fourth-order valence-electron chi connectivity index (χ4n) is 2.18. The topological polar surface area (TPSA) is 30.5 Å². The molecule has 0 aliphatic carbocycles. The van der Waals surface area contributed by atoms with Crippen molar-refractivity contribution in [2.75, 3.05) is 6.79 Å². The number of hydrogen-bond donors (Lipinski definition) is 1. The van der Waals surface area contributed by atoms with Gasteiger partial charge in [0.2, 0.25) is 6.79 Å². The van der Waals surface area contributed by atoms with Gasteiger partial charge in [-0.2, -0.15) is 0 Å². The Bertz CT molecular complexity index is 365. The first-order valence-corrected chi connectivity index (χ1v) is 6.46. The summed E-state index contributed by atoms with van der Waals surface area (Å²) in [6.45, 7) is 5.65. The predicted octanol–water partition coefficient (Wildman–Crippen LogP) is 3.08. The van der Waals surface area contributed by atoms with Crippen LogP contribution in [-0.2, 0) is 6.54 Å². The summed E-state index contributed by atoms with van der Waals surface area (Å²) in [7, 11) is 0. The average Bonchev–Trinajstić information content (AvgIpc) is 2.83. The van der Waals surface area contributed by atoms with E-state index in [0.717, 1.165) is 18.0 Å². The van der Waals surface area contributed by atoms with Gasteiger partial charge in [-0.25, -0.2) is 0 Å². The summed E-state index contributed by atoms with van der Waals surface area (Å²) in [5.74, 6) is 1.78. The Labute approximate surface area is 103 Å². The van der Waals surface area contributed by atoms with E-state index in [1.54, 1.807) is 0 Å². The largest absolute Gasteiger partial charge is 0.454 e. The van der Waals surface area contributed by atoms with Crippen molar-refractivity contribution in [2.24, 2.45) is 0 Å². The first kappa shape index (κ1) is 12.2. The van der Waals surface area contributed by atoms with Crippen molar-refractivity contribution in [3.63, 3.8) is 0 Å². The molecule has 3 nitrogen and oxygen atoms in total. The molecule has 0 saturated carbocycles. The summed E-state index contributed by atoms with van der Waals surface area (Å²) >= 11 is 0. The van der Waals surface area contributed by atoms with Gasteiger partial charge in [-0.1, -0.05) is 32.4 Å². The number of fused-ring (bicyclic) bond motifs is 1. The van der Waals surface area contributed by atoms with Crippen LogP contribution < -0.4 is 14.8 Å². The molecule has 0 saturated heterocycles. The summed E-state index contributed by atoms with van der Waals surface area (Å²) in [4.78, 5) is 0. The van der Waals surface area contributed by atoms with Crippen LogP contribution in [0.5, 0.6) is 11.5 Å². The molecule has 0 bridgehead atoms. The molecule has 2 rings (SSSR count). The lowest BCUT2D eigenvalue weighted by molar-refractivity contribution is 0.173. The summed E-state index contributed by atoms with van der Waals surface area (Å²) in [6.07, 6.45) is 3.61. The molecule has 1 aromatic carbocycles. The normalized spacial score (nSPS) is 14.9. The van der Waals surface area contributed by atoms with E-state index < -0.39 is 0 Å². The maximum absolute atomic E-state index is 5.49. The van der Waals surface area contributed by atoms with Crippen LogP contribution in [0, 0.1) is 0 Å². The molecular weight excluding hydrogens is 214 g/mol. The third kappa shape index (κ3) is 2.91. The molecule has 1 aromatic rings. The number of nitrogens with one attached hydrogen (secondary N) is 1. The van der Waals surface area contributed by atoms with Gasteiger partial charge >= 0.3 is 0 Å². The van der Waals surface area contributed by atoms with Crippen molar-refractivity contribution in [1.82, 2.24) is 5.32 Å². The molecule has 1 heterocycles. The highest BCUT2D eigenvalue weighted by molar-refractivity contribution is 5.48. The standard InChI is InChI=1S/C14H21NO2/c1-3-6-12(4-2)15-9-11-7-5-8-13-14(11)17-10-16-13/h5,7-8,12,15H,3-4,6,9-10H2,1-2H3. The van der Waals surface area contributed by atoms with Crippen LogP contribution in [0.1, 0.15) is 38.7 Å². The molecule has 1 aliphatic rings. The maximum Gasteiger partial charge on any atom is 0.231 e. The van der Waals surface area contributed by atoms with Crippen LogP contribution >= 0.6 is 0 Å². The van der Waals surface area contributed by atoms with Crippen molar-refractivity contribution in [3.8, 4) is 11.5 Å². The summed E-state index contributed by atoms with van der Waals surface area (Å²) in [5.41, 5.74) is 1.19. The van der Waals surface area contributed by atoms with Gasteiger partial charge in [-0.05, 0) is 18.9 Å². The zero-order valence-corrected chi connectivity index (χ0v) is 10.7. The monoisotopic (exact) mass is 235 g/mol. The third-order valence-corrected chi connectivity index (χ3v) is 3.19. The molecule has 1 atom stereocenters. The predicted molar refractivity (Wildman–Crippen MR) is 68.4 cm³/mol. The Morgan fingerprint density at radius 2 is 2.18 bits per heavy atom. The van der Waals surface area contributed by atoms with Crippen LogP contribution in [0.3, 0.4) is 0 Å². The maximum atomic E-state index is 5.49. The zero-order valence-electron chi connectivity index (χ0n) is 10.7. The summed E-state index contributed by atoms with van der Waals surface area (Å²) < 4.78 is 10.9. The average molecular weight is 235 g/mol. The molecule has 1 aliphatic heterocycles. The van der Waals surface area contributed by atoms with Gasteiger partial charge < -0.3 is 14.8 Å². The molecular formula is C14H21NO2. The van der Waals surface area contributed by atoms with E-state index >= 15 is 0 Å². The number of ether oxygens (including phenoxy) is 2. The Balaban J connectivity index is 1.97. The molecule has 0 aromatic heterocycles. The first-order chi connectivity index (χ1) is 8.35. The van der Waals surface area contributed by atoms with E-state index in [1.807, 2.05) is 12.1 Å². The first-order valence-electron chi connectivity index (χ1n) is 6.46. The minimum Gasteiger partial charge on any atom is -0.454 e. The molecule has 3 heteroatoms. The highest BCUT2D eigenvalue weighted by Crippen LogP contribution is 2.35. The second kappa shape index (κ2) is 5.92. The fraction of sp³-hybridized carbons (Fsp3) is 0.571. The van der Waals surface area contributed by atoms with E-state index in [2.05, 4.69) is 25.2 Å². The van der Waals surface area contributed by atoms with E-state index in [9.17, 15) is 0 Å². The number of rotatable bonds is 6. The van der Waals surface area contributed by atoms with Gasteiger partial charge in [-0.15, -0.1) is 0 Å². The lowest BCUT2D eigenvalue weighted by Gasteiger charge is -2.16. The van der Waals surface area contributed by atoms with Crippen molar-refractivity contribution >= 4 is 0 Å². The molecule has 0 spiro atoms. The Morgan fingerprint density at radius 3 is 2.94 bits per heavy atom. The van der Waals surface area contributed by atoms with Crippen molar-refractivity contribution in [2.45, 2.75) is 45.7 Å². The SMILES string of the molecule is CCCC(CC)NCc1cccc2c1OCO2. The summed E-state index contributed by atoms with van der Waals surface area (Å²) in [5, 5.41) is 3.58. The smallest absolute Gasteiger partial charge is 0.231 e. The highest BCUT2D eigenvalue weighted by atomic mass is 16.7. The lowest BCUT2D eigenvalue weighted by Crippen LogP contribution is -2.27. The zero-order chi connectivity index (χ0) is 12.1. The Morgan fingerprint density at radius 1 is 1.29 bits per heavy atom. The van der Waals surface area contributed by atoms with Gasteiger partial charge in [0.1, 0.15) is 0 Å². The summed E-state index contributed by atoms with van der Waals surface area (Å²) in [6, 6.07) is 6.66. The van der Waals surface area contributed by atoms with Crippen LogP contribution in [-0.4, -0.2) is 12.8 Å². The minimum atomic E-state index is 0.346. The van der Waals surface area contributed by atoms with Gasteiger partial charge in [0.15, 0.2) is 11.5 Å². The highest BCUT2D eigenvalue weighted by Gasteiger charge is 2.17. The second-order valence-electron chi connectivity index (χ2n) is 4.43. The van der Waals surface area contributed by atoms with Crippen molar-refractivity contribution in [3.05, 3.63) is 23.8 Å². The number of hydrogen-bond acceptors (Lipinski definition) is 3. The molecule has 0 amide bonds. The van der Waals surface area contributed by atoms with E-state index in [1.165, 1.54) is 24.8 Å². The molecule has 17 heavy (non-hydrogen) atoms. The third-order valence-electron chi connectivity index (χ3n) is 3.19. The van der Waals surface area contributed by atoms with E-state index in [0.29, 0.717) is 12.8 Å². The second-order valence-corrected chi connectivity index (χ2v) is 4.43. The van der Waals surface area contributed by atoms with Crippen LogP contribution in [0.25, 0.3) is 0 Å². The Kier molecular flexibility index (Phi) is 4.26. The van der Waals surface area contributed by atoms with Crippen molar-refractivity contribution < 1.29 is 9.47 Å². The molecule has 0 radical (unpaired) electrons. The fourth-order valence-corrected chi connectivity index (χ4v) is 2.18. The quantitative estimate of drug-likeness (QED) is 0.822. The number of para-hydroxylation sites is 1. The van der Waals surface area contributed by atoms with Gasteiger partial charge in [-0.3, -0.25) is 0 Å². The molecule has 1 N–H and O–H groups in total. The van der Waals surface area contributed by atoms with E-state index in [-0.39, 0.29) is 0 Å². The minimum absolute atomic E-state index is 0.346. The number of benzene rings is 1. The van der Waals surface area contributed by atoms with Gasteiger partial charge in [0.05, 0.1) is 0 Å². The van der Waals surface area contributed by atoms with Gasteiger partial charge in [0, 0.05) is 18.2 Å². The van der Waals surface area contributed by atoms with Crippen LogP contribution in [0.2, 0.25) is 0 Å². The van der Waals surface area contributed by atoms with Crippen LogP contribution in [0.15, 0.2) is 18.2 Å². The molecule has 94 valence electrons. The van der Waals surface area contributed by atoms with E-state index in [4.69, 9.17) is 9.47 Å². The molecule has 1 unspecified atom stereocenters. The van der Waals surface area contributed by atoms with Gasteiger partial charge in [0.25, 0.3) is 0 Å². The molecule has 0 fully saturated rings. The van der Waals surface area contributed by atoms with Crippen molar-refractivity contribution in [1.29, 1.82) is 0 Å².